The molecule has 1 amide bonds. The predicted octanol–water partition coefficient (Wildman–Crippen LogP) is 3.75. The molecule has 0 bridgehead atoms. The molecule has 1 aliphatic heterocycles. The first kappa shape index (κ1) is 19.4. The molecular formula is C21H19FN2O4S. The van der Waals surface area contributed by atoms with Gasteiger partial charge in [0, 0.05) is 19.2 Å². The van der Waals surface area contributed by atoms with Crippen molar-refractivity contribution in [3.05, 3.63) is 58.7 Å². The summed E-state index contributed by atoms with van der Waals surface area (Å²) < 4.78 is 32.2. The maximum absolute atomic E-state index is 13.6. The molecule has 2 aromatic carbocycles. The highest BCUT2D eigenvalue weighted by molar-refractivity contribution is 7.16. The van der Waals surface area contributed by atoms with Crippen molar-refractivity contribution in [2.45, 2.75) is 13.5 Å². The van der Waals surface area contributed by atoms with Gasteiger partial charge in [0.1, 0.15) is 5.82 Å². The third kappa shape index (κ3) is 4.38. The van der Waals surface area contributed by atoms with E-state index in [1.54, 1.807) is 24.3 Å². The topological polar surface area (TPSA) is 62.1 Å². The molecule has 0 unspecified atom stereocenters. The Kier molecular flexibility index (Phi) is 5.73. The number of rotatable bonds is 6. The fourth-order valence-electron chi connectivity index (χ4n) is 2.96. The normalized spacial score (nSPS) is 13.7. The van der Waals surface area contributed by atoms with Crippen molar-refractivity contribution in [2.75, 3.05) is 20.0 Å². The second-order valence-electron chi connectivity index (χ2n) is 6.24. The van der Waals surface area contributed by atoms with Crippen molar-refractivity contribution in [3.63, 3.8) is 0 Å². The summed E-state index contributed by atoms with van der Waals surface area (Å²) in [5.41, 5.74) is 1.63. The van der Waals surface area contributed by atoms with Crippen molar-refractivity contribution in [3.8, 4) is 11.5 Å². The molecule has 150 valence electrons. The van der Waals surface area contributed by atoms with Gasteiger partial charge in [0.05, 0.1) is 16.8 Å². The van der Waals surface area contributed by atoms with Gasteiger partial charge in [-0.05, 0) is 48.9 Å². The number of hydrogen-bond acceptors (Lipinski definition) is 5. The zero-order chi connectivity index (χ0) is 20.2. The first-order valence-corrected chi connectivity index (χ1v) is 9.99. The van der Waals surface area contributed by atoms with Crippen LogP contribution in [0.5, 0.6) is 11.5 Å². The van der Waals surface area contributed by atoms with E-state index in [0.29, 0.717) is 36.1 Å². The Labute approximate surface area is 170 Å². The molecule has 0 saturated carbocycles. The maximum atomic E-state index is 13.6. The van der Waals surface area contributed by atoms with Crippen molar-refractivity contribution >= 4 is 33.5 Å². The predicted molar refractivity (Wildman–Crippen MR) is 108 cm³/mol. The third-order valence-corrected chi connectivity index (χ3v) is 5.37. The minimum Gasteiger partial charge on any atom is -0.454 e. The van der Waals surface area contributed by atoms with Crippen LogP contribution in [0, 0.1) is 5.82 Å². The Bertz CT molecular complexity index is 1150. The van der Waals surface area contributed by atoms with Crippen LogP contribution in [0.2, 0.25) is 0 Å². The number of halogens is 1. The molecule has 6 nitrogen and oxygen atoms in total. The first-order valence-electron chi connectivity index (χ1n) is 9.17. The highest BCUT2D eigenvalue weighted by atomic mass is 32.1. The second kappa shape index (κ2) is 8.59. The Morgan fingerprint density at radius 3 is 3.00 bits per heavy atom. The molecule has 0 fully saturated rings. The molecular weight excluding hydrogens is 395 g/mol. The average Bonchev–Trinajstić information content (AvgIpc) is 3.30. The summed E-state index contributed by atoms with van der Waals surface area (Å²) in [4.78, 5) is 17.1. The summed E-state index contributed by atoms with van der Waals surface area (Å²) in [5, 5.41) is 0. The summed E-state index contributed by atoms with van der Waals surface area (Å²) in [6.07, 6.45) is 3.07. The molecule has 3 aromatic rings. The van der Waals surface area contributed by atoms with Gasteiger partial charge < -0.3 is 18.8 Å². The summed E-state index contributed by atoms with van der Waals surface area (Å²) >= 11 is 1.27. The van der Waals surface area contributed by atoms with Gasteiger partial charge in [-0.25, -0.2) is 4.39 Å². The molecule has 8 heteroatoms. The molecule has 0 saturated heterocycles. The van der Waals surface area contributed by atoms with Crippen LogP contribution in [-0.2, 0) is 16.1 Å². The van der Waals surface area contributed by atoms with Gasteiger partial charge in [-0.2, -0.15) is 4.99 Å². The first-order chi connectivity index (χ1) is 14.1. The van der Waals surface area contributed by atoms with Gasteiger partial charge in [0.25, 0.3) is 5.91 Å². The van der Waals surface area contributed by atoms with Gasteiger partial charge in [-0.15, -0.1) is 0 Å². The smallest absolute Gasteiger partial charge is 0.272 e. The van der Waals surface area contributed by atoms with Crippen molar-refractivity contribution in [1.29, 1.82) is 0 Å². The number of carbonyl (C=O) groups is 1. The molecule has 2 heterocycles. The maximum Gasteiger partial charge on any atom is 0.272 e. The van der Waals surface area contributed by atoms with Gasteiger partial charge in [0.15, 0.2) is 16.3 Å². The number of nitrogens with zero attached hydrogens (tertiary/aromatic N) is 2. The average molecular weight is 414 g/mol. The monoisotopic (exact) mass is 414 g/mol. The van der Waals surface area contributed by atoms with E-state index in [1.165, 1.54) is 29.5 Å². The van der Waals surface area contributed by atoms with Gasteiger partial charge in [-0.1, -0.05) is 17.4 Å². The molecule has 0 spiro atoms. The molecule has 29 heavy (non-hydrogen) atoms. The summed E-state index contributed by atoms with van der Waals surface area (Å²) in [7, 11) is 0. The lowest BCUT2D eigenvalue weighted by Gasteiger charge is -2.05. The number of fused-ring (bicyclic) bond motifs is 2. The van der Waals surface area contributed by atoms with E-state index >= 15 is 0 Å². The number of hydrogen-bond donors (Lipinski definition) is 0. The fourth-order valence-corrected chi connectivity index (χ4v) is 4.05. The van der Waals surface area contributed by atoms with Crippen LogP contribution >= 0.6 is 11.3 Å². The van der Waals surface area contributed by atoms with Crippen LogP contribution in [0.25, 0.3) is 16.3 Å². The lowest BCUT2D eigenvalue weighted by molar-refractivity contribution is -0.113. The standard InChI is InChI=1S/C21H19FN2O4S/c1-2-26-10-9-24-16-6-5-15(22)12-19(16)29-21(24)23-20(25)8-4-14-3-7-17-18(11-14)28-13-27-17/h3-8,11-12H,2,9-10,13H2,1H3/b8-4-,23-21?. The Morgan fingerprint density at radius 1 is 1.28 bits per heavy atom. The SMILES string of the molecule is CCOCCn1c(=NC(=O)/C=C\c2ccc3c(c2)OCO3)sc2cc(F)ccc21. The molecule has 0 atom stereocenters. The van der Waals surface area contributed by atoms with Crippen molar-refractivity contribution in [1.82, 2.24) is 4.57 Å². The van der Waals surface area contributed by atoms with Crippen LogP contribution in [0.4, 0.5) is 4.39 Å². The molecule has 1 aromatic heterocycles. The van der Waals surface area contributed by atoms with E-state index in [4.69, 9.17) is 14.2 Å². The number of amides is 1. The van der Waals surface area contributed by atoms with Crippen molar-refractivity contribution in [2.24, 2.45) is 4.99 Å². The van der Waals surface area contributed by atoms with Gasteiger partial charge in [0.2, 0.25) is 6.79 Å². The lowest BCUT2D eigenvalue weighted by atomic mass is 10.2. The number of thiazole rings is 1. The number of aromatic nitrogens is 1. The highest BCUT2D eigenvalue weighted by Crippen LogP contribution is 2.32. The zero-order valence-corrected chi connectivity index (χ0v) is 16.6. The van der Waals surface area contributed by atoms with Crippen molar-refractivity contribution < 1.29 is 23.4 Å². The van der Waals surface area contributed by atoms with Crippen LogP contribution in [0.15, 0.2) is 47.5 Å². The number of benzene rings is 2. The fraction of sp³-hybridized carbons (Fsp3) is 0.238. The Hall–Kier alpha value is -2.97. The second-order valence-corrected chi connectivity index (χ2v) is 7.25. The Balaban J connectivity index is 1.61. The van der Waals surface area contributed by atoms with E-state index < -0.39 is 5.91 Å². The van der Waals surface area contributed by atoms with E-state index in [0.717, 1.165) is 15.8 Å². The third-order valence-electron chi connectivity index (χ3n) is 4.33. The largest absolute Gasteiger partial charge is 0.454 e. The zero-order valence-electron chi connectivity index (χ0n) is 15.8. The van der Waals surface area contributed by atoms with E-state index in [-0.39, 0.29) is 12.6 Å². The minimum atomic E-state index is -0.403. The molecule has 0 N–H and O–H groups in total. The van der Waals surface area contributed by atoms with Crippen LogP contribution in [-0.4, -0.2) is 30.5 Å². The van der Waals surface area contributed by atoms with Crippen LogP contribution < -0.4 is 14.3 Å². The minimum absolute atomic E-state index is 0.199. The number of carbonyl (C=O) groups excluding carboxylic acids is 1. The highest BCUT2D eigenvalue weighted by Gasteiger charge is 2.12. The Morgan fingerprint density at radius 2 is 2.14 bits per heavy atom. The molecule has 4 rings (SSSR count). The van der Waals surface area contributed by atoms with E-state index in [9.17, 15) is 9.18 Å². The molecule has 0 aliphatic carbocycles. The van der Waals surface area contributed by atoms with Gasteiger partial charge >= 0.3 is 0 Å². The van der Waals surface area contributed by atoms with Crippen LogP contribution in [0.1, 0.15) is 12.5 Å². The van der Waals surface area contributed by atoms with Gasteiger partial charge in [-0.3, -0.25) is 4.79 Å². The summed E-state index contributed by atoms with van der Waals surface area (Å²) in [6.45, 7) is 3.72. The molecule has 1 aliphatic rings. The quantitative estimate of drug-likeness (QED) is 0.455. The summed E-state index contributed by atoms with van der Waals surface area (Å²) in [5.74, 6) is 0.610. The van der Waals surface area contributed by atoms with E-state index in [2.05, 4.69) is 4.99 Å². The van der Waals surface area contributed by atoms with E-state index in [1.807, 2.05) is 17.6 Å². The summed E-state index contributed by atoms with van der Waals surface area (Å²) in [6, 6.07) is 9.98. The lowest BCUT2D eigenvalue weighted by Crippen LogP contribution is -2.19. The van der Waals surface area contributed by atoms with Crippen LogP contribution in [0.3, 0.4) is 0 Å². The number of ether oxygens (including phenoxy) is 3. The molecule has 0 radical (unpaired) electrons.